The van der Waals surface area contributed by atoms with Crippen molar-refractivity contribution in [3.63, 3.8) is 0 Å². The highest BCUT2D eigenvalue weighted by atomic mass is 35.5. The van der Waals surface area contributed by atoms with Crippen LogP contribution in [0.15, 0.2) is 65.6 Å². The third-order valence-electron chi connectivity index (χ3n) is 4.57. The molecule has 162 valence electrons. The Kier molecular flexibility index (Phi) is 6.24. The van der Waals surface area contributed by atoms with Crippen molar-refractivity contribution in [3.8, 4) is 11.5 Å². The molecular weight excluding hydrogens is 434 g/mol. The number of primary amides is 1. The Labute approximate surface area is 187 Å². The Morgan fingerprint density at radius 2 is 2.00 bits per heavy atom. The summed E-state index contributed by atoms with van der Waals surface area (Å²) >= 11 is 6.12. The number of aliphatic hydroxyl groups excluding tert-OH is 1. The molecular formula is C21H18ClN7O3. The molecule has 1 amide bonds. The van der Waals surface area contributed by atoms with E-state index in [4.69, 9.17) is 21.9 Å². The van der Waals surface area contributed by atoms with Crippen LogP contribution in [0.4, 0.5) is 17.5 Å². The number of hydrogen-bond acceptors (Lipinski definition) is 9. The SMILES string of the molecule is NC(=O)c1ccc(Nc2ncc(-c3ncno3)c(N[C@H](CO)c3ccccc3)n2)cc1Cl. The fraction of sp³-hybridized carbons (Fsp3) is 0.0952. The molecule has 0 aliphatic carbocycles. The first-order chi connectivity index (χ1) is 15.5. The standard InChI is InChI=1S/C21H18ClN7O3/c22-16-8-13(6-7-14(16)18(23)31)27-21-24-9-15(20-25-11-26-32-20)19(29-21)28-17(10-30)12-4-2-1-3-5-12/h1-9,11,17,30H,10H2,(H2,23,31)(H2,24,27,28,29)/t17-/m1/s1. The van der Waals surface area contributed by atoms with E-state index in [9.17, 15) is 9.90 Å². The van der Waals surface area contributed by atoms with Gasteiger partial charge in [-0.25, -0.2) is 4.98 Å². The van der Waals surface area contributed by atoms with Gasteiger partial charge in [0.2, 0.25) is 11.9 Å². The van der Waals surface area contributed by atoms with E-state index < -0.39 is 11.9 Å². The second kappa shape index (κ2) is 9.41. The third-order valence-corrected chi connectivity index (χ3v) is 4.88. The molecule has 11 heteroatoms. The zero-order valence-corrected chi connectivity index (χ0v) is 17.3. The van der Waals surface area contributed by atoms with Gasteiger partial charge in [0.15, 0.2) is 6.33 Å². The summed E-state index contributed by atoms with van der Waals surface area (Å²) in [5.41, 5.74) is 7.39. The monoisotopic (exact) mass is 451 g/mol. The summed E-state index contributed by atoms with van der Waals surface area (Å²) < 4.78 is 5.17. The van der Waals surface area contributed by atoms with Gasteiger partial charge in [-0.2, -0.15) is 9.97 Å². The van der Waals surface area contributed by atoms with Crippen LogP contribution in [-0.4, -0.2) is 37.7 Å². The molecule has 2 aromatic carbocycles. The lowest BCUT2D eigenvalue weighted by Crippen LogP contribution is -2.17. The number of amides is 1. The minimum absolute atomic E-state index is 0.176. The average Bonchev–Trinajstić information content (AvgIpc) is 3.33. The van der Waals surface area contributed by atoms with Crippen molar-refractivity contribution in [1.29, 1.82) is 0 Å². The predicted molar refractivity (Wildman–Crippen MR) is 118 cm³/mol. The molecule has 0 saturated heterocycles. The predicted octanol–water partition coefficient (Wildman–Crippen LogP) is 3.17. The first-order valence-electron chi connectivity index (χ1n) is 9.48. The molecule has 2 heterocycles. The van der Waals surface area contributed by atoms with Crippen LogP contribution in [0.25, 0.3) is 11.5 Å². The Morgan fingerprint density at radius 3 is 2.66 bits per heavy atom. The number of hydrogen-bond donors (Lipinski definition) is 4. The minimum Gasteiger partial charge on any atom is -0.394 e. The van der Waals surface area contributed by atoms with Crippen LogP contribution in [0.2, 0.25) is 5.02 Å². The maximum absolute atomic E-state index is 11.4. The van der Waals surface area contributed by atoms with Crippen molar-refractivity contribution in [2.24, 2.45) is 5.73 Å². The van der Waals surface area contributed by atoms with Gasteiger partial charge in [0.1, 0.15) is 11.4 Å². The quantitative estimate of drug-likeness (QED) is 0.316. The number of nitrogens with one attached hydrogen (secondary N) is 2. The van der Waals surface area contributed by atoms with E-state index in [0.29, 0.717) is 17.1 Å². The van der Waals surface area contributed by atoms with E-state index in [0.717, 1.165) is 5.56 Å². The number of benzene rings is 2. The fourth-order valence-corrected chi connectivity index (χ4v) is 3.28. The van der Waals surface area contributed by atoms with Gasteiger partial charge >= 0.3 is 0 Å². The first kappa shape index (κ1) is 21.2. The second-order valence-electron chi connectivity index (χ2n) is 6.68. The average molecular weight is 452 g/mol. The number of carbonyl (C=O) groups excluding carboxylic acids is 1. The number of nitrogens with two attached hydrogens (primary N) is 1. The van der Waals surface area contributed by atoms with Crippen molar-refractivity contribution in [2.75, 3.05) is 17.2 Å². The molecule has 0 spiro atoms. The van der Waals surface area contributed by atoms with Crippen molar-refractivity contribution >= 4 is 35.0 Å². The maximum atomic E-state index is 11.4. The highest BCUT2D eigenvalue weighted by Crippen LogP contribution is 2.29. The molecule has 4 aromatic rings. The molecule has 0 aliphatic rings. The van der Waals surface area contributed by atoms with E-state index in [-0.39, 0.29) is 29.0 Å². The van der Waals surface area contributed by atoms with Crippen LogP contribution in [0.3, 0.4) is 0 Å². The van der Waals surface area contributed by atoms with Crippen LogP contribution in [-0.2, 0) is 0 Å². The van der Waals surface area contributed by atoms with Crippen LogP contribution < -0.4 is 16.4 Å². The van der Waals surface area contributed by atoms with E-state index >= 15 is 0 Å². The van der Waals surface area contributed by atoms with E-state index in [1.54, 1.807) is 12.1 Å². The molecule has 0 radical (unpaired) electrons. The molecule has 0 saturated carbocycles. The Hall–Kier alpha value is -4.02. The van der Waals surface area contributed by atoms with Crippen molar-refractivity contribution < 1.29 is 14.4 Å². The number of rotatable bonds is 8. The normalized spacial score (nSPS) is 11.7. The summed E-state index contributed by atoms with van der Waals surface area (Å²) in [6, 6.07) is 13.7. The number of nitrogens with zero attached hydrogens (tertiary/aromatic N) is 4. The molecule has 10 nitrogen and oxygen atoms in total. The van der Waals surface area contributed by atoms with Gasteiger partial charge in [0.25, 0.3) is 5.89 Å². The molecule has 0 bridgehead atoms. The smallest absolute Gasteiger partial charge is 0.262 e. The van der Waals surface area contributed by atoms with Crippen molar-refractivity contribution in [1.82, 2.24) is 20.1 Å². The van der Waals surface area contributed by atoms with Crippen LogP contribution in [0, 0.1) is 0 Å². The lowest BCUT2D eigenvalue weighted by molar-refractivity contribution is 0.100. The lowest BCUT2D eigenvalue weighted by atomic mass is 10.1. The summed E-state index contributed by atoms with van der Waals surface area (Å²) in [5.74, 6) is 0.208. The molecule has 5 N–H and O–H groups in total. The van der Waals surface area contributed by atoms with Crippen LogP contribution in [0.1, 0.15) is 22.0 Å². The summed E-state index contributed by atoms with van der Waals surface area (Å²) in [4.78, 5) is 24.3. The Balaban J connectivity index is 1.67. The van der Waals surface area contributed by atoms with Crippen LogP contribution in [0.5, 0.6) is 0 Å². The minimum atomic E-state index is -0.621. The molecule has 0 fully saturated rings. The molecule has 4 rings (SSSR count). The van der Waals surface area contributed by atoms with Gasteiger partial charge in [-0.1, -0.05) is 47.1 Å². The maximum Gasteiger partial charge on any atom is 0.262 e. The van der Waals surface area contributed by atoms with Crippen molar-refractivity contribution in [3.05, 3.63) is 77.2 Å². The first-order valence-corrected chi connectivity index (χ1v) is 9.85. The zero-order chi connectivity index (χ0) is 22.5. The summed E-state index contributed by atoms with van der Waals surface area (Å²) in [6.45, 7) is -0.176. The number of carbonyl (C=O) groups is 1. The molecule has 2 aromatic heterocycles. The van der Waals surface area contributed by atoms with Crippen LogP contribution >= 0.6 is 11.6 Å². The zero-order valence-electron chi connectivity index (χ0n) is 16.6. The van der Waals surface area contributed by atoms with Gasteiger partial charge in [-0.05, 0) is 23.8 Å². The number of aliphatic hydroxyl groups is 1. The van der Waals surface area contributed by atoms with E-state index in [1.807, 2.05) is 30.3 Å². The summed E-state index contributed by atoms with van der Waals surface area (Å²) in [7, 11) is 0. The Morgan fingerprint density at radius 1 is 1.19 bits per heavy atom. The molecule has 0 unspecified atom stereocenters. The molecule has 0 aliphatic heterocycles. The summed E-state index contributed by atoms with van der Waals surface area (Å²) in [5, 5.41) is 20.0. The summed E-state index contributed by atoms with van der Waals surface area (Å²) in [6.07, 6.45) is 2.79. The van der Waals surface area contributed by atoms with Gasteiger partial charge in [0, 0.05) is 11.9 Å². The van der Waals surface area contributed by atoms with Gasteiger partial charge in [-0.15, -0.1) is 0 Å². The van der Waals surface area contributed by atoms with Gasteiger partial charge in [0.05, 0.1) is 23.2 Å². The number of anilines is 3. The van der Waals surface area contributed by atoms with Crippen molar-refractivity contribution in [2.45, 2.75) is 6.04 Å². The fourth-order valence-electron chi connectivity index (χ4n) is 3.01. The topological polar surface area (TPSA) is 152 Å². The largest absolute Gasteiger partial charge is 0.394 e. The second-order valence-corrected chi connectivity index (χ2v) is 7.08. The molecule has 1 atom stereocenters. The highest BCUT2D eigenvalue weighted by molar-refractivity contribution is 6.34. The lowest BCUT2D eigenvalue weighted by Gasteiger charge is -2.19. The highest BCUT2D eigenvalue weighted by Gasteiger charge is 2.19. The number of aromatic nitrogens is 4. The number of halogens is 1. The van der Waals surface area contributed by atoms with Gasteiger partial charge < -0.3 is 26.0 Å². The van der Waals surface area contributed by atoms with E-state index in [1.165, 1.54) is 18.6 Å². The Bertz CT molecular complexity index is 1220. The molecule has 32 heavy (non-hydrogen) atoms. The van der Waals surface area contributed by atoms with Gasteiger partial charge in [-0.3, -0.25) is 4.79 Å². The third kappa shape index (κ3) is 4.66. The van der Waals surface area contributed by atoms with E-state index in [2.05, 4.69) is 30.7 Å².